The Labute approximate surface area is 156 Å². The van der Waals surface area contributed by atoms with Crippen LogP contribution in [0.15, 0.2) is 37.1 Å². The van der Waals surface area contributed by atoms with E-state index in [0.717, 1.165) is 12.5 Å². The largest absolute Gasteiger partial charge is 0.343 e. The molecule has 3 heteroatoms. The Morgan fingerprint density at radius 2 is 2.24 bits per heavy atom. The third kappa shape index (κ3) is 2.96. The van der Waals surface area contributed by atoms with Crippen LogP contribution in [0.4, 0.5) is 0 Å². The topological polar surface area (TPSA) is 8.17 Å². The summed E-state index contributed by atoms with van der Waals surface area (Å²) < 4.78 is 2.39. The van der Waals surface area contributed by atoms with Crippen molar-refractivity contribution in [1.29, 1.82) is 0 Å². The number of fused-ring (bicyclic) bond motifs is 2. The number of likely N-dealkylation sites (tertiary alicyclic amines) is 1. The molecule has 1 aliphatic carbocycles. The number of rotatable bonds is 6. The third-order valence-electron chi connectivity index (χ3n) is 6.10. The van der Waals surface area contributed by atoms with Crippen LogP contribution in [0, 0.1) is 5.92 Å². The van der Waals surface area contributed by atoms with Gasteiger partial charge in [-0.2, -0.15) is 11.8 Å². The Morgan fingerprint density at radius 1 is 1.36 bits per heavy atom. The van der Waals surface area contributed by atoms with E-state index in [1.807, 2.05) is 17.8 Å². The quantitative estimate of drug-likeness (QED) is 0.680. The van der Waals surface area contributed by atoms with E-state index in [2.05, 4.69) is 53.6 Å². The standard InChI is InChI=1S/C22H30N2S/c1-4-9-23-13-16(15-25-3)11-19-18-7-6-8-20-22(18)17(12-21(19)23)14-24(20)10-5-2/h5-8,14,16,19,21H,2,4,9-13,15H2,1,3H3/t16?,19-,21-/m0/s1. The Balaban J connectivity index is 1.78. The number of hydrogen-bond donors (Lipinski definition) is 0. The average Bonchev–Trinajstić information content (AvgIpc) is 2.96. The summed E-state index contributed by atoms with van der Waals surface area (Å²) in [4.78, 5) is 2.81. The molecule has 1 aliphatic heterocycles. The van der Waals surface area contributed by atoms with Gasteiger partial charge in [0, 0.05) is 42.1 Å². The summed E-state index contributed by atoms with van der Waals surface area (Å²) in [5, 5.41) is 1.55. The maximum absolute atomic E-state index is 3.94. The third-order valence-corrected chi connectivity index (χ3v) is 6.90. The number of hydrogen-bond acceptors (Lipinski definition) is 2. The first-order chi connectivity index (χ1) is 12.3. The van der Waals surface area contributed by atoms with Gasteiger partial charge < -0.3 is 4.57 Å². The molecule has 0 amide bonds. The monoisotopic (exact) mass is 354 g/mol. The van der Waals surface area contributed by atoms with Gasteiger partial charge in [0.05, 0.1) is 0 Å². The number of benzene rings is 1. The predicted molar refractivity (Wildman–Crippen MR) is 111 cm³/mol. The second kappa shape index (κ2) is 7.20. The van der Waals surface area contributed by atoms with E-state index in [9.17, 15) is 0 Å². The minimum absolute atomic E-state index is 0.690. The van der Waals surface area contributed by atoms with Gasteiger partial charge in [0.2, 0.25) is 0 Å². The van der Waals surface area contributed by atoms with Crippen LogP contribution in [-0.2, 0) is 13.0 Å². The van der Waals surface area contributed by atoms with Gasteiger partial charge in [-0.15, -0.1) is 6.58 Å². The molecular formula is C22H30N2S. The predicted octanol–water partition coefficient (Wildman–Crippen LogP) is 4.93. The molecule has 0 radical (unpaired) electrons. The minimum atomic E-state index is 0.690. The Hall–Kier alpha value is -1.19. The van der Waals surface area contributed by atoms with Crippen molar-refractivity contribution in [2.75, 3.05) is 25.1 Å². The summed E-state index contributed by atoms with van der Waals surface area (Å²) in [6.07, 6.45) is 10.5. The molecule has 25 heavy (non-hydrogen) atoms. The number of piperidine rings is 1. The van der Waals surface area contributed by atoms with Crippen LogP contribution in [0.25, 0.3) is 10.9 Å². The first kappa shape index (κ1) is 17.2. The van der Waals surface area contributed by atoms with Crippen molar-refractivity contribution in [3.63, 3.8) is 0 Å². The summed E-state index contributed by atoms with van der Waals surface area (Å²) in [6.45, 7) is 9.70. The summed E-state index contributed by atoms with van der Waals surface area (Å²) in [7, 11) is 0. The fraction of sp³-hybridized carbons (Fsp3) is 0.545. The second-order valence-electron chi connectivity index (χ2n) is 7.77. The van der Waals surface area contributed by atoms with Crippen molar-refractivity contribution >= 4 is 22.7 Å². The highest BCUT2D eigenvalue weighted by atomic mass is 32.2. The Bertz CT molecular complexity index is 763. The van der Waals surface area contributed by atoms with Crippen molar-refractivity contribution in [2.45, 2.75) is 44.7 Å². The van der Waals surface area contributed by atoms with Crippen LogP contribution in [0.1, 0.15) is 36.8 Å². The van der Waals surface area contributed by atoms with Crippen LogP contribution >= 0.6 is 11.8 Å². The molecule has 1 saturated heterocycles. The first-order valence-corrected chi connectivity index (χ1v) is 11.1. The molecule has 2 aromatic rings. The SMILES string of the molecule is C=CCn1cc2c3c(cccc31)[C@@H]1CC(CSC)CN(CCC)[C@H]1C2. The van der Waals surface area contributed by atoms with Gasteiger partial charge in [0.15, 0.2) is 0 Å². The molecule has 0 spiro atoms. The van der Waals surface area contributed by atoms with Crippen LogP contribution in [0.2, 0.25) is 0 Å². The van der Waals surface area contributed by atoms with Crippen LogP contribution in [0.5, 0.6) is 0 Å². The summed E-state index contributed by atoms with van der Waals surface area (Å²) >= 11 is 2.01. The van der Waals surface area contributed by atoms with Crippen molar-refractivity contribution in [2.24, 2.45) is 5.92 Å². The van der Waals surface area contributed by atoms with Crippen molar-refractivity contribution in [3.8, 4) is 0 Å². The molecular weight excluding hydrogens is 324 g/mol. The van der Waals surface area contributed by atoms with E-state index < -0.39 is 0 Å². The van der Waals surface area contributed by atoms with Gasteiger partial charge in [-0.1, -0.05) is 25.1 Å². The zero-order valence-corrected chi connectivity index (χ0v) is 16.4. The first-order valence-electron chi connectivity index (χ1n) is 9.71. The summed E-state index contributed by atoms with van der Waals surface area (Å²) in [6, 6.07) is 7.66. The number of aromatic nitrogens is 1. The molecule has 2 aliphatic rings. The van der Waals surface area contributed by atoms with E-state index >= 15 is 0 Å². The van der Waals surface area contributed by atoms with Gasteiger partial charge in [-0.25, -0.2) is 0 Å². The molecule has 134 valence electrons. The van der Waals surface area contributed by atoms with E-state index in [4.69, 9.17) is 0 Å². The van der Waals surface area contributed by atoms with Crippen LogP contribution in [-0.4, -0.2) is 40.6 Å². The fourth-order valence-electron chi connectivity index (χ4n) is 5.27. The van der Waals surface area contributed by atoms with Gasteiger partial charge in [0.25, 0.3) is 0 Å². The average molecular weight is 355 g/mol. The lowest BCUT2D eigenvalue weighted by Crippen LogP contribution is -2.50. The molecule has 1 aromatic carbocycles. The summed E-state index contributed by atoms with van der Waals surface area (Å²) in [5.74, 6) is 2.83. The number of nitrogens with zero attached hydrogens (tertiary/aromatic N) is 2. The number of allylic oxidation sites excluding steroid dienone is 1. The van der Waals surface area contributed by atoms with Gasteiger partial charge in [-0.3, -0.25) is 4.90 Å². The molecule has 0 bridgehead atoms. The highest BCUT2D eigenvalue weighted by molar-refractivity contribution is 7.98. The van der Waals surface area contributed by atoms with E-state index in [1.165, 1.54) is 43.6 Å². The highest BCUT2D eigenvalue weighted by Crippen LogP contribution is 2.45. The normalized spacial score (nSPS) is 25.9. The molecule has 2 heterocycles. The maximum atomic E-state index is 3.94. The molecule has 4 rings (SSSR count). The van der Waals surface area contributed by atoms with Crippen LogP contribution < -0.4 is 0 Å². The lowest BCUT2D eigenvalue weighted by molar-refractivity contribution is 0.0926. The van der Waals surface area contributed by atoms with Crippen molar-refractivity contribution in [1.82, 2.24) is 9.47 Å². The Morgan fingerprint density at radius 3 is 3.00 bits per heavy atom. The molecule has 0 saturated carbocycles. The van der Waals surface area contributed by atoms with Gasteiger partial charge in [0.1, 0.15) is 0 Å². The van der Waals surface area contributed by atoms with E-state index in [-0.39, 0.29) is 0 Å². The second-order valence-corrected chi connectivity index (χ2v) is 8.68. The van der Waals surface area contributed by atoms with Crippen molar-refractivity contribution < 1.29 is 0 Å². The van der Waals surface area contributed by atoms with Gasteiger partial charge >= 0.3 is 0 Å². The molecule has 1 aromatic heterocycles. The maximum Gasteiger partial charge on any atom is 0.0489 e. The zero-order chi connectivity index (χ0) is 17.4. The molecule has 1 fully saturated rings. The van der Waals surface area contributed by atoms with Crippen LogP contribution in [0.3, 0.4) is 0 Å². The lowest BCUT2D eigenvalue weighted by atomic mass is 9.72. The van der Waals surface area contributed by atoms with Crippen molar-refractivity contribution in [3.05, 3.63) is 48.2 Å². The minimum Gasteiger partial charge on any atom is -0.343 e. The highest BCUT2D eigenvalue weighted by Gasteiger charge is 2.40. The number of thioether (sulfide) groups is 1. The zero-order valence-electron chi connectivity index (χ0n) is 15.6. The molecule has 3 atom stereocenters. The van der Waals surface area contributed by atoms with E-state index in [1.54, 1.807) is 16.5 Å². The molecule has 0 N–H and O–H groups in total. The summed E-state index contributed by atoms with van der Waals surface area (Å²) in [5.41, 5.74) is 4.57. The molecule has 2 nitrogen and oxygen atoms in total. The van der Waals surface area contributed by atoms with Gasteiger partial charge in [-0.05, 0) is 60.9 Å². The molecule has 1 unspecified atom stereocenters. The Kier molecular flexibility index (Phi) is 4.97. The fourth-order valence-corrected chi connectivity index (χ4v) is 5.98. The lowest BCUT2D eigenvalue weighted by Gasteiger charge is -2.47. The van der Waals surface area contributed by atoms with E-state index in [0.29, 0.717) is 12.0 Å². The smallest absolute Gasteiger partial charge is 0.0489 e.